The summed E-state index contributed by atoms with van der Waals surface area (Å²) in [6.45, 7) is 7.07. The summed E-state index contributed by atoms with van der Waals surface area (Å²) in [5.74, 6) is -0.939. The Morgan fingerprint density at radius 3 is 2.50 bits per heavy atom. The molecule has 2 rings (SSSR count). The zero-order valence-electron chi connectivity index (χ0n) is 16.4. The molecule has 0 N–H and O–H groups in total. The van der Waals surface area contributed by atoms with E-state index < -0.39 is 29.1 Å². The fourth-order valence-electron chi connectivity index (χ4n) is 3.25. The van der Waals surface area contributed by atoms with E-state index in [9.17, 15) is 9.59 Å². The molecule has 1 saturated carbocycles. The molecule has 0 aromatic heterocycles. The van der Waals surface area contributed by atoms with E-state index in [1.165, 1.54) is 0 Å². The lowest BCUT2D eigenvalue weighted by Gasteiger charge is -2.35. The summed E-state index contributed by atoms with van der Waals surface area (Å²) in [6, 6.07) is 9.66. The number of rotatable bonds is 7. The van der Waals surface area contributed by atoms with Crippen LogP contribution >= 0.6 is 0 Å². The molecule has 1 fully saturated rings. The maximum absolute atomic E-state index is 12.7. The second-order valence-electron chi connectivity index (χ2n) is 7.58. The summed E-state index contributed by atoms with van der Waals surface area (Å²) in [5, 5.41) is 0. The van der Waals surface area contributed by atoms with Gasteiger partial charge in [0, 0.05) is 7.11 Å². The minimum absolute atomic E-state index is 0.219. The van der Waals surface area contributed by atoms with Crippen molar-refractivity contribution < 1.29 is 23.8 Å². The number of hydrogen-bond acceptors (Lipinski definition) is 5. The van der Waals surface area contributed by atoms with Crippen LogP contribution in [0.3, 0.4) is 0 Å². The van der Waals surface area contributed by atoms with Crippen LogP contribution in [0.1, 0.15) is 58.9 Å². The van der Waals surface area contributed by atoms with E-state index in [1.54, 1.807) is 27.9 Å². The molecular weight excluding hydrogens is 332 g/mol. The van der Waals surface area contributed by atoms with Crippen molar-refractivity contribution >= 4 is 11.9 Å². The first kappa shape index (κ1) is 20.4. The molecule has 1 aliphatic carbocycles. The molecule has 3 atom stereocenters. The smallest absolute Gasteiger partial charge is 0.348 e. The zero-order valence-corrected chi connectivity index (χ0v) is 16.4. The van der Waals surface area contributed by atoms with Crippen LogP contribution in [0.5, 0.6) is 0 Å². The van der Waals surface area contributed by atoms with Crippen LogP contribution in [0, 0.1) is 5.41 Å². The van der Waals surface area contributed by atoms with Gasteiger partial charge in [-0.15, -0.1) is 0 Å². The number of esters is 2. The van der Waals surface area contributed by atoms with Gasteiger partial charge >= 0.3 is 11.9 Å². The maximum atomic E-state index is 12.7. The monoisotopic (exact) mass is 362 g/mol. The van der Waals surface area contributed by atoms with Crippen molar-refractivity contribution in [3.63, 3.8) is 0 Å². The second kappa shape index (κ2) is 8.21. The highest BCUT2D eigenvalue weighted by Crippen LogP contribution is 2.44. The van der Waals surface area contributed by atoms with Crippen molar-refractivity contribution in [1.29, 1.82) is 0 Å². The Kier molecular flexibility index (Phi) is 6.45. The Balaban J connectivity index is 2.19. The Labute approximate surface area is 156 Å². The Morgan fingerprint density at radius 1 is 1.27 bits per heavy atom. The predicted octanol–water partition coefficient (Wildman–Crippen LogP) is 3.99. The summed E-state index contributed by atoms with van der Waals surface area (Å²) in [4.78, 5) is 25.0. The van der Waals surface area contributed by atoms with E-state index in [4.69, 9.17) is 14.2 Å². The van der Waals surface area contributed by atoms with Crippen LogP contribution in [0.25, 0.3) is 0 Å². The third kappa shape index (κ3) is 4.09. The van der Waals surface area contributed by atoms with Gasteiger partial charge in [-0.25, -0.2) is 4.79 Å². The zero-order chi connectivity index (χ0) is 19.4. The molecule has 0 aliphatic heterocycles. The molecule has 5 nitrogen and oxygen atoms in total. The summed E-state index contributed by atoms with van der Waals surface area (Å²) < 4.78 is 17.0. The fraction of sp³-hybridized carbons (Fsp3) is 0.619. The van der Waals surface area contributed by atoms with Gasteiger partial charge in [0.05, 0.1) is 5.41 Å². The average molecular weight is 362 g/mol. The highest BCUT2D eigenvalue weighted by Gasteiger charge is 2.49. The van der Waals surface area contributed by atoms with Gasteiger partial charge in [0.25, 0.3) is 0 Å². The van der Waals surface area contributed by atoms with E-state index in [2.05, 4.69) is 0 Å². The molecule has 1 aromatic carbocycles. The highest BCUT2D eigenvalue weighted by molar-refractivity contribution is 5.82. The van der Waals surface area contributed by atoms with Gasteiger partial charge in [-0.2, -0.15) is 0 Å². The lowest BCUT2D eigenvalue weighted by Crippen LogP contribution is -2.44. The molecule has 0 radical (unpaired) electrons. The van der Waals surface area contributed by atoms with E-state index >= 15 is 0 Å². The molecular formula is C21H30O5. The van der Waals surface area contributed by atoms with Crippen molar-refractivity contribution in [3.8, 4) is 0 Å². The summed E-state index contributed by atoms with van der Waals surface area (Å²) in [5.41, 5.74) is -0.563. The Morgan fingerprint density at radius 2 is 1.92 bits per heavy atom. The van der Waals surface area contributed by atoms with Crippen molar-refractivity contribution in [1.82, 2.24) is 0 Å². The summed E-state index contributed by atoms with van der Waals surface area (Å²) >= 11 is 0. The molecule has 3 unspecified atom stereocenters. The van der Waals surface area contributed by atoms with Crippen LogP contribution in [0.2, 0.25) is 0 Å². The van der Waals surface area contributed by atoms with Crippen LogP contribution in [0.15, 0.2) is 30.3 Å². The first-order chi connectivity index (χ1) is 12.3. The SMILES string of the molecule is CCC(C)(C)C(=O)OC(C)C(=O)OC1(c2ccccc2)CCCC1OC. The minimum Gasteiger partial charge on any atom is -0.450 e. The van der Waals surface area contributed by atoms with E-state index in [0.29, 0.717) is 12.8 Å². The van der Waals surface area contributed by atoms with Crippen molar-refractivity contribution in [3.05, 3.63) is 35.9 Å². The molecule has 0 bridgehead atoms. The van der Waals surface area contributed by atoms with Gasteiger partial charge in [-0.1, -0.05) is 37.3 Å². The quantitative estimate of drug-likeness (QED) is 0.686. The van der Waals surface area contributed by atoms with Gasteiger partial charge in [0.15, 0.2) is 11.7 Å². The van der Waals surface area contributed by atoms with Crippen molar-refractivity contribution in [2.75, 3.05) is 7.11 Å². The predicted molar refractivity (Wildman–Crippen MR) is 98.5 cm³/mol. The number of ether oxygens (including phenoxy) is 3. The summed E-state index contributed by atoms with van der Waals surface area (Å²) in [6.07, 6.45) is 1.85. The number of hydrogen-bond donors (Lipinski definition) is 0. The minimum atomic E-state index is -0.966. The lowest BCUT2D eigenvalue weighted by molar-refractivity contribution is -0.191. The third-order valence-electron chi connectivity index (χ3n) is 5.42. The molecule has 26 heavy (non-hydrogen) atoms. The standard InChI is InChI=1S/C21H30O5/c1-6-20(3,4)19(23)25-15(2)18(22)26-21(14-10-13-17(21)24-5)16-11-8-7-9-12-16/h7-9,11-12,15,17H,6,10,13-14H2,1-5H3. The van der Waals surface area contributed by atoms with Crippen molar-refractivity contribution in [2.24, 2.45) is 5.41 Å². The van der Waals surface area contributed by atoms with Gasteiger partial charge in [0.1, 0.15) is 6.10 Å². The molecule has 5 heteroatoms. The molecule has 1 aromatic rings. The van der Waals surface area contributed by atoms with E-state index in [1.807, 2.05) is 37.3 Å². The average Bonchev–Trinajstić information content (AvgIpc) is 3.05. The van der Waals surface area contributed by atoms with Gasteiger partial charge in [-0.05, 0) is 52.0 Å². The molecule has 1 aliphatic rings. The largest absolute Gasteiger partial charge is 0.450 e. The fourth-order valence-corrected chi connectivity index (χ4v) is 3.25. The van der Waals surface area contributed by atoms with E-state index in [-0.39, 0.29) is 6.10 Å². The Bertz CT molecular complexity index is 625. The number of benzene rings is 1. The topological polar surface area (TPSA) is 61.8 Å². The maximum Gasteiger partial charge on any atom is 0.348 e. The molecule has 144 valence electrons. The molecule has 0 saturated heterocycles. The van der Waals surface area contributed by atoms with Crippen molar-refractivity contribution in [2.45, 2.75) is 71.2 Å². The van der Waals surface area contributed by atoms with Gasteiger partial charge in [-0.3, -0.25) is 4.79 Å². The number of carbonyl (C=O) groups is 2. The van der Waals surface area contributed by atoms with E-state index in [0.717, 1.165) is 18.4 Å². The molecule has 0 spiro atoms. The van der Waals surface area contributed by atoms with Crippen LogP contribution in [0.4, 0.5) is 0 Å². The highest BCUT2D eigenvalue weighted by atomic mass is 16.6. The second-order valence-corrected chi connectivity index (χ2v) is 7.58. The van der Waals surface area contributed by atoms with Crippen LogP contribution < -0.4 is 0 Å². The molecule has 0 amide bonds. The lowest BCUT2D eigenvalue weighted by atomic mass is 9.89. The van der Waals surface area contributed by atoms with Crippen LogP contribution in [-0.2, 0) is 29.4 Å². The summed E-state index contributed by atoms with van der Waals surface area (Å²) in [7, 11) is 1.63. The van der Waals surface area contributed by atoms with Gasteiger partial charge in [0.2, 0.25) is 0 Å². The first-order valence-electron chi connectivity index (χ1n) is 9.29. The number of carbonyl (C=O) groups excluding carboxylic acids is 2. The normalized spacial score (nSPS) is 24.1. The first-order valence-corrected chi connectivity index (χ1v) is 9.29. The third-order valence-corrected chi connectivity index (χ3v) is 5.42. The molecule has 0 heterocycles. The van der Waals surface area contributed by atoms with Gasteiger partial charge < -0.3 is 14.2 Å². The Hall–Kier alpha value is -1.88. The van der Waals surface area contributed by atoms with Crippen LogP contribution in [-0.4, -0.2) is 31.3 Å². The number of methoxy groups -OCH3 is 1.